The van der Waals surface area contributed by atoms with Crippen LogP contribution in [0.1, 0.15) is 25.3 Å². The largest absolute Gasteiger partial charge is 0.494 e. The molecule has 1 N–H and O–H groups in total. The average molecular weight is 408 g/mol. The third-order valence-corrected chi connectivity index (χ3v) is 4.06. The molecule has 0 aliphatic carbocycles. The summed E-state index contributed by atoms with van der Waals surface area (Å²) in [7, 11) is 0. The van der Waals surface area contributed by atoms with Crippen molar-refractivity contribution in [2.24, 2.45) is 0 Å². The van der Waals surface area contributed by atoms with E-state index in [0.717, 1.165) is 5.75 Å². The number of carbonyl (C=O) groups is 2. The number of alkyl halides is 3. The quantitative estimate of drug-likeness (QED) is 0.626. The third kappa shape index (κ3) is 7.48. The fourth-order valence-electron chi connectivity index (χ4n) is 2.64. The number of amides is 2. The van der Waals surface area contributed by atoms with Crippen LogP contribution in [-0.4, -0.2) is 36.0 Å². The minimum atomic E-state index is -4.91. The van der Waals surface area contributed by atoms with Gasteiger partial charge in [0.2, 0.25) is 5.91 Å². The van der Waals surface area contributed by atoms with E-state index >= 15 is 0 Å². The SMILES string of the molecule is CCN(Cc1cccc(NC(=O)CCCOc2ccccc2)c1)C(=O)C(F)(F)F. The standard InChI is InChI=1S/C21H23F3N2O3/c1-2-26(20(28)21(22,23)24)15-16-8-6-9-17(14-16)25-19(27)12-7-13-29-18-10-4-3-5-11-18/h3-6,8-11,14H,2,7,12-13,15H2,1H3,(H,25,27). The summed E-state index contributed by atoms with van der Waals surface area (Å²) in [6.07, 6.45) is -4.15. The summed E-state index contributed by atoms with van der Waals surface area (Å²) in [5, 5.41) is 2.71. The van der Waals surface area contributed by atoms with Gasteiger partial charge in [-0.1, -0.05) is 30.3 Å². The molecule has 0 aromatic heterocycles. The summed E-state index contributed by atoms with van der Waals surface area (Å²) in [4.78, 5) is 24.2. The highest BCUT2D eigenvalue weighted by Crippen LogP contribution is 2.21. The van der Waals surface area contributed by atoms with E-state index in [0.29, 0.717) is 29.2 Å². The van der Waals surface area contributed by atoms with Crippen LogP contribution in [0.25, 0.3) is 0 Å². The van der Waals surface area contributed by atoms with E-state index < -0.39 is 12.1 Å². The van der Waals surface area contributed by atoms with Gasteiger partial charge in [0.15, 0.2) is 0 Å². The Morgan fingerprint density at radius 2 is 1.79 bits per heavy atom. The van der Waals surface area contributed by atoms with Crippen molar-refractivity contribution in [3.05, 3.63) is 60.2 Å². The smallest absolute Gasteiger partial charge is 0.471 e. The second-order valence-corrected chi connectivity index (χ2v) is 6.33. The van der Waals surface area contributed by atoms with Gasteiger partial charge in [0, 0.05) is 25.2 Å². The first-order valence-corrected chi connectivity index (χ1v) is 9.22. The lowest BCUT2D eigenvalue weighted by Gasteiger charge is -2.22. The molecule has 2 aromatic rings. The van der Waals surface area contributed by atoms with Gasteiger partial charge in [-0.25, -0.2) is 0 Å². The van der Waals surface area contributed by atoms with Crippen LogP contribution < -0.4 is 10.1 Å². The Kier molecular flexibility index (Phi) is 8.06. The summed E-state index contributed by atoms with van der Waals surface area (Å²) in [6.45, 7) is 1.61. The van der Waals surface area contributed by atoms with E-state index in [1.165, 1.54) is 6.92 Å². The summed E-state index contributed by atoms with van der Waals surface area (Å²) in [5.41, 5.74) is 0.960. The normalized spacial score (nSPS) is 11.0. The molecule has 0 heterocycles. The Morgan fingerprint density at radius 1 is 1.07 bits per heavy atom. The number of carbonyl (C=O) groups excluding carboxylic acids is 2. The molecule has 0 aliphatic rings. The maximum Gasteiger partial charge on any atom is 0.471 e. The van der Waals surface area contributed by atoms with Gasteiger partial charge >= 0.3 is 12.1 Å². The Bertz CT molecular complexity index is 810. The topological polar surface area (TPSA) is 58.6 Å². The monoisotopic (exact) mass is 408 g/mol. The van der Waals surface area contributed by atoms with Gasteiger partial charge in [-0.15, -0.1) is 0 Å². The number of hydrogen-bond acceptors (Lipinski definition) is 3. The highest BCUT2D eigenvalue weighted by Gasteiger charge is 2.41. The maximum absolute atomic E-state index is 12.6. The third-order valence-electron chi connectivity index (χ3n) is 4.06. The zero-order chi connectivity index (χ0) is 21.3. The Morgan fingerprint density at radius 3 is 2.45 bits per heavy atom. The summed E-state index contributed by atoms with van der Waals surface area (Å²) in [6, 6.07) is 15.7. The molecule has 0 fully saturated rings. The molecule has 156 valence electrons. The molecule has 0 saturated carbocycles. The second kappa shape index (κ2) is 10.5. The Hall–Kier alpha value is -3.03. The van der Waals surface area contributed by atoms with Crippen LogP contribution >= 0.6 is 0 Å². The number of benzene rings is 2. The zero-order valence-corrected chi connectivity index (χ0v) is 16.0. The molecule has 8 heteroatoms. The summed E-state index contributed by atoms with van der Waals surface area (Å²) >= 11 is 0. The number of halogens is 3. The van der Waals surface area contributed by atoms with E-state index in [2.05, 4.69) is 5.32 Å². The van der Waals surface area contributed by atoms with E-state index in [1.54, 1.807) is 24.3 Å². The van der Waals surface area contributed by atoms with Gasteiger partial charge in [0.25, 0.3) is 0 Å². The molecule has 0 saturated heterocycles. The van der Waals surface area contributed by atoms with Crippen LogP contribution in [0.15, 0.2) is 54.6 Å². The fourth-order valence-corrected chi connectivity index (χ4v) is 2.64. The number of para-hydroxylation sites is 1. The predicted octanol–water partition coefficient (Wildman–Crippen LogP) is 4.40. The van der Waals surface area contributed by atoms with Crippen molar-refractivity contribution in [1.29, 1.82) is 0 Å². The molecular weight excluding hydrogens is 385 g/mol. The van der Waals surface area contributed by atoms with Crippen LogP contribution in [0, 0.1) is 0 Å². The number of nitrogens with one attached hydrogen (secondary N) is 1. The molecule has 2 rings (SSSR count). The van der Waals surface area contributed by atoms with Crippen molar-refractivity contribution in [2.75, 3.05) is 18.5 Å². The molecule has 0 radical (unpaired) electrons. The first-order chi connectivity index (χ1) is 13.8. The van der Waals surface area contributed by atoms with Gasteiger partial charge in [-0.2, -0.15) is 13.2 Å². The lowest BCUT2D eigenvalue weighted by Crippen LogP contribution is -2.40. The maximum atomic E-state index is 12.6. The molecular formula is C21H23F3N2O3. The van der Waals surface area contributed by atoms with Crippen LogP contribution in [0.5, 0.6) is 5.75 Å². The van der Waals surface area contributed by atoms with E-state index in [1.807, 2.05) is 30.3 Å². The van der Waals surface area contributed by atoms with Gasteiger partial charge in [-0.05, 0) is 43.2 Å². The van der Waals surface area contributed by atoms with Crippen molar-refractivity contribution in [1.82, 2.24) is 4.90 Å². The van der Waals surface area contributed by atoms with E-state index in [9.17, 15) is 22.8 Å². The number of hydrogen-bond donors (Lipinski definition) is 1. The molecule has 0 atom stereocenters. The fraction of sp³-hybridized carbons (Fsp3) is 0.333. The first kappa shape index (κ1) is 22.3. The van der Waals surface area contributed by atoms with Crippen molar-refractivity contribution in [2.45, 2.75) is 32.5 Å². The summed E-state index contributed by atoms with van der Waals surface area (Å²) < 4.78 is 43.4. The highest BCUT2D eigenvalue weighted by atomic mass is 19.4. The van der Waals surface area contributed by atoms with Crippen molar-refractivity contribution >= 4 is 17.5 Å². The number of anilines is 1. The van der Waals surface area contributed by atoms with Gasteiger partial charge in [0.1, 0.15) is 5.75 Å². The molecule has 0 aliphatic heterocycles. The van der Waals surface area contributed by atoms with Gasteiger partial charge in [0.05, 0.1) is 6.61 Å². The second-order valence-electron chi connectivity index (χ2n) is 6.33. The van der Waals surface area contributed by atoms with Crippen LogP contribution in [0.2, 0.25) is 0 Å². The van der Waals surface area contributed by atoms with Crippen LogP contribution in [0.3, 0.4) is 0 Å². The molecule has 0 bridgehead atoms. The molecule has 5 nitrogen and oxygen atoms in total. The lowest BCUT2D eigenvalue weighted by molar-refractivity contribution is -0.185. The molecule has 0 unspecified atom stereocenters. The van der Waals surface area contributed by atoms with Crippen molar-refractivity contribution < 1.29 is 27.5 Å². The Labute approximate surface area is 167 Å². The zero-order valence-electron chi connectivity index (χ0n) is 16.0. The first-order valence-electron chi connectivity index (χ1n) is 9.22. The number of rotatable bonds is 9. The van der Waals surface area contributed by atoms with Gasteiger partial charge < -0.3 is 15.0 Å². The summed E-state index contributed by atoms with van der Waals surface area (Å²) in [5.74, 6) is -1.38. The van der Waals surface area contributed by atoms with Crippen LogP contribution in [-0.2, 0) is 16.1 Å². The van der Waals surface area contributed by atoms with E-state index in [-0.39, 0.29) is 25.4 Å². The van der Waals surface area contributed by atoms with Gasteiger partial charge in [-0.3, -0.25) is 9.59 Å². The molecule has 29 heavy (non-hydrogen) atoms. The van der Waals surface area contributed by atoms with Crippen LogP contribution in [0.4, 0.5) is 18.9 Å². The van der Waals surface area contributed by atoms with Crippen molar-refractivity contribution in [3.8, 4) is 5.75 Å². The van der Waals surface area contributed by atoms with Crippen molar-refractivity contribution in [3.63, 3.8) is 0 Å². The Balaban J connectivity index is 1.83. The average Bonchev–Trinajstić information content (AvgIpc) is 2.69. The number of ether oxygens (including phenoxy) is 1. The highest BCUT2D eigenvalue weighted by molar-refractivity contribution is 5.90. The number of nitrogens with zero attached hydrogens (tertiary/aromatic N) is 1. The lowest BCUT2D eigenvalue weighted by atomic mass is 10.1. The van der Waals surface area contributed by atoms with E-state index in [4.69, 9.17) is 4.74 Å². The minimum Gasteiger partial charge on any atom is -0.494 e. The molecule has 2 amide bonds. The molecule has 0 spiro atoms. The predicted molar refractivity (Wildman–Crippen MR) is 103 cm³/mol. The molecule has 2 aromatic carbocycles. The minimum absolute atomic E-state index is 0.0731.